The lowest BCUT2D eigenvalue weighted by atomic mass is 10.1. The molecule has 88 valence electrons. The van der Waals surface area contributed by atoms with Crippen molar-refractivity contribution in [3.63, 3.8) is 0 Å². The largest absolute Gasteiger partial charge is 0.508 e. The van der Waals surface area contributed by atoms with E-state index in [-0.39, 0.29) is 0 Å². The average molecular weight is 228 g/mol. The second-order valence-electron chi connectivity index (χ2n) is 2.84. The Hall–Kier alpha value is -1.98. The van der Waals surface area contributed by atoms with Crippen LogP contribution in [-0.2, 0) is 18.9 Å². The standard InChI is InChI=1S/C10H12O6/c1-13-9(11)15-7-5-3-4-6-8(7)16-10(12)14-2/h3-8H,1-2H3/t7-,8+. The van der Waals surface area contributed by atoms with Crippen LogP contribution < -0.4 is 0 Å². The zero-order valence-electron chi connectivity index (χ0n) is 8.91. The van der Waals surface area contributed by atoms with E-state index in [4.69, 9.17) is 9.47 Å². The highest BCUT2D eigenvalue weighted by molar-refractivity contribution is 5.62. The third-order valence-corrected chi connectivity index (χ3v) is 1.83. The van der Waals surface area contributed by atoms with Gasteiger partial charge in [-0.25, -0.2) is 9.59 Å². The molecule has 0 spiro atoms. The van der Waals surface area contributed by atoms with E-state index < -0.39 is 24.5 Å². The molecule has 0 bridgehead atoms. The lowest BCUT2D eigenvalue weighted by Gasteiger charge is -2.22. The van der Waals surface area contributed by atoms with Crippen LogP contribution in [0.3, 0.4) is 0 Å². The monoisotopic (exact) mass is 228 g/mol. The van der Waals surface area contributed by atoms with E-state index in [2.05, 4.69) is 9.47 Å². The summed E-state index contributed by atoms with van der Waals surface area (Å²) in [4.78, 5) is 21.8. The molecule has 0 aromatic heterocycles. The van der Waals surface area contributed by atoms with Gasteiger partial charge < -0.3 is 18.9 Å². The lowest BCUT2D eigenvalue weighted by molar-refractivity contribution is -0.0155. The predicted octanol–water partition coefficient (Wildman–Crippen LogP) is 1.42. The van der Waals surface area contributed by atoms with Crippen molar-refractivity contribution in [1.82, 2.24) is 0 Å². The van der Waals surface area contributed by atoms with Gasteiger partial charge in [-0.05, 0) is 12.2 Å². The zero-order valence-corrected chi connectivity index (χ0v) is 8.91. The maximum absolute atomic E-state index is 10.9. The molecule has 6 nitrogen and oxygen atoms in total. The molecular weight excluding hydrogens is 216 g/mol. The van der Waals surface area contributed by atoms with E-state index >= 15 is 0 Å². The van der Waals surface area contributed by atoms with Crippen LogP contribution in [0.4, 0.5) is 9.59 Å². The Morgan fingerprint density at radius 2 is 1.25 bits per heavy atom. The minimum Gasteiger partial charge on any atom is -0.438 e. The smallest absolute Gasteiger partial charge is 0.438 e. The number of carbonyl (C=O) groups is 2. The predicted molar refractivity (Wildman–Crippen MR) is 52.8 cm³/mol. The Labute approximate surface area is 92.4 Å². The Kier molecular flexibility index (Phi) is 4.38. The van der Waals surface area contributed by atoms with Crippen molar-refractivity contribution in [2.75, 3.05) is 14.2 Å². The normalized spacial score (nSPS) is 22.4. The quantitative estimate of drug-likeness (QED) is 0.665. The zero-order chi connectivity index (χ0) is 12.0. The number of allylic oxidation sites excluding steroid dienone is 2. The summed E-state index contributed by atoms with van der Waals surface area (Å²) in [6.45, 7) is 0. The van der Waals surface area contributed by atoms with Crippen LogP contribution in [0, 0.1) is 0 Å². The van der Waals surface area contributed by atoms with Gasteiger partial charge in [0.15, 0.2) is 12.2 Å². The van der Waals surface area contributed by atoms with E-state index in [1.165, 1.54) is 14.2 Å². The Bertz CT molecular complexity index is 287. The molecule has 1 rings (SSSR count). The Balaban J connectivity index is 2.59. The van der Waals surface area contributed by atoms with Gasteiger partial charge in [-0.1, -0.05) is 12.2 Å². The molecule has 0 aromatic carbocycles. The second kappa shape index (κ2) is 5.79. The average Bonchev–Trinajstić information content (AvgIpc) is 2.31. The van der Waals surface area contributed by atoms with Gasteiger partial charge in [-0.3, -0.25) is 0 Å². The highest BCUT2D eigenvalue weighted by Gasteiger charge is 2.26. The van der Waals surface area contributed by atoms with Crippen molar-refractivity contribution in [2.45, 2.75) is 12.2 Å². The van der Waals surface area contributed by atoms with Gasteiger partial charge in [-0.15, -0.1) is 0 Å². The number of rotatable bonds is 2. The molecule has 2 atom stereocenters. The Morgan fingerprint density at radius 1 is 0.875 bits per heavy atom. The first-order chi connectivity index (χ1) is 7.67. The van der Waals surface area contributed by atoms with Gasteiger partial charge in [0.1, 0.15) is 0 Å². The summed E-state index contributed by atoms with van der Waals surface area (Å²) in [7, 11) is 2.39. The molecule has 0 radical (unpaired) electrons. The summed E-state index contributed by atoms with van der Waals surface area (Å²) >= 11 is 0. The van der Waals surface area contributed by atoms with Gasteiger partial charge in [0.05, 0.1) is 14.2 Å². The SMILES string of the molecule is COC(=O)O[C@H]1C=CC=C[C@H]1OC(=O)OC. The topological polar surface area (TPSA) is 71.1 Å². The van der Waals surface area contributed by atoms with E-state index in [9.17, 15) is 9.59 Å². The molecule has 0 aromatic rings. The number of hydrogen-bond donors (Lipinski definition) is 0. The fraction of sp³-hybridized carbons (Fsp3) is 0.400. The summed E-state index contributed by atoms with van der Waals surface area (Å²) in [6, 6.07) is 0. The molecule has 16 heavy (non-hydrogen) atoms. The van der Waals surface area contributed by atoms with Gasteiger partial charge >= 0.3 is 12.3 Å². The first-order valence-corrected chi connectivity index (χ1v) is 4.51. The minimum atomic E-state index is -0.844. The summed E-state index contributed by atoms with van der Waals surface area (Å²) in [6.07, 6.45) is 3.38. The van der Waals surface area contributed by atoms with Crippen molar-refractivity contribution in [3.8, 4) is 0 Å². The molecule has 0 unspecified atom stereocenters. The van der Waals surface area contributed by atoms with Crippen LogP contribution in [0.2, 0.25) is 0 Å². The molecule has 0 heterocycles. The summed E-state index contributed by atoms with van der Waals surface area (Å²) in [5, 5.41) is 0. The fourth-order valence-electron chi connectivity index (χ4n) is 1.10. The molecule has 0 saturated carbocycles. The van der Waals surface area contributed by atoms with Crippen LogP contribution in [-0.4, -0.2) is 38.7 Å². The van der Waals surface area contributed by atoms with Crippen molar-refractivity contribution >= 4 is 12.3 Å². The molecule has 0 N–H and O–H groups in total. The fourth-order valence-corrected chi connectivity index (χ4v) is 1.10. The van der Waals surface area contributed by atoms with Crippen LogP contribution >= 0.6 is 0 Å². The van der Waals surface area contributed by atoms with E-state index in [1.54, 1.807) is 24.3 Å². The number of methoxy groups -OCH3 is 2. The van der Waals surface area contributed by atoms with Crippen LogP contribution in [0.5, 0.6) is 0 Å². The molecule has 0 aliphatic heterocycles. The van der Waals surface area contributed by atoms with Crippen molar-refractivity contribution < 1.29 is 28.5 Å². The third kappa shape index (κ3) is 3.30. The maximum Gasteiger partial charge on any atom is 0.508 e. The molecule has 6 heteroatoms. The molecule has 1 aliphatic carbocycles. The van der Waals surface area contributed by atoms with E-state index in [0.29, 0.717) is 0 Å². The lowest BCUT2D eigenvalue weighted by Crippen LogP contribution is -2.33. The molecule has 0 amide bonds. The number of carbonyl (C=O) groups excluding carboxylic acids is 2. The highest BCUT2D eigenvalue weighted by Crippen LogP contribution is 2.14. The molecule has 1 aliphatic rings. The second-order valence-corrected chi connectivity index (χ2v) is 2.84. The van der Waals surface area contributed by atoms with Crippen LogP contribution in [0.1, 0.15) is 0 Å². The number of ether oxygens (including phenoxy) is 4. The van der Waals surface area contributed by atoms with E-state index in [1.807, 2.05) is 0 Å². The van der Waals surface area contributed by atoms with Gasteiger partial charge in [-0.2, -0.15) is 0 Å². The first kappa shape index (κ1) is 12.1. The first-order valence-electron chi connectivity index (χ1n) is 4.51. The van der Waals surface area contributed by atoms with Gasteiger partial charge in [0.25, 0.3) is 0 Å². The molecule has 0 fully saturated rings. The van der Waals surface area contributed by atoms with Crippen molar-refractivity contribution in [2.24, 2.45) is 0 Å². The highest BCUT2D eigenvalue weighted by atomic mass is 16.7. The minimum absolute atomic E-state index is 0.712. The molecule has 0 saturated heterocycles. The van der Waals surface area contributed by atoms with Gasteiger partial charge in [0.2, 0.25) is 0 Å². The summed E-state index contributed by atoms with van der Waals surface area (Å²) in [5.41, 5.74) is 0. The van der Waals surface area contributed by atoms with E-state index in [0.717, 1.165) is 0 Å². The van der Waals surface area contributed by atoms with Crippen LogP contribution in [0.25, 0.3) is 0 Å². The molecular formula is C10H12O6. The summed E-state index contributed by atoms with van der Waals surface area (Å²) < 4.78 is 18.4. The maximum atomic E-state index is 10.9. The van der Waals surface area contributed by atoms with Crippen molar-refractivity contribution in [3.05, 3.63) is 24.3 Å². The Morgan fingerprint density at radius 3 is 1.56 bits per heavy atom. The summed E-state index contributed by atoms with van der Waals surface area (Å²) in [5.74, 6) is 0. The van der Waals surface area contributed by atoms with Crippen LogP contribution in [0.15, 0.2) is 24.3 Å². The number of hydrogen-bond acceptors (Lipinski definition) is 6. The van der Waals surface area contributed by atoms with Crippen molar-refractivity contribution in [1.29, 1.82) is 0 Å². The van der Waals surface area contributed by atoms with Gasteiger partial charge in [0, 0.05) is 0 Å². The third-order valence-electron chi connectivity index (χ3n) is 1.83.